The fourth-order valence-electron chi connectivity index (χ4n) is 9.60. The molecule has 1 N–H and O–H groups in total. The van der Waals surface area contributed by atoms with Gasteiger partial charge in [-0.25, -0.2) is 0 Å². The Morgan fingerprint density at radius 3 is 2.53 bits per heavy atom. The van der Waals surface area contributed by atoms with Crippen LogP contribution >= 0.6 is 0 Å². The maximum Gasteiger partial charge on any atom is 0.168 e. The van der Waals surface area contributed by atoms with E-state index in [1.54, 1.807) is 0 Å². The maximum atomic E-state index is 11.9. The van der Waals surface area contributed by atoms with Gasteiger partial charge in [-0.15, -0.1) is 5.92 Å². The van der Waals surface area contributed by atoms with Gasteiger partial charge in [0.05, 0.1) is 19.8 Å². The van der Waals surface area contributed by atoms with Crippen LogP contribution in [0.5, 0.6) is 0 Å². The third kappa shape index (κ3) is 4.28. The highest BCUT2D eigenvalue weighted by molar-refractivity contribution is 5.26. The van der Waals surface area contributed by atoms with Crippen molar-refractivity contribution in [2.24, 2.45) is 34.5 Å². The Labute approximate surface area is 218 Å². The molecule has 0 aromatic carbocycles. The smallest absolute Gasteiger partial charge is 0.168 e. The summed E-state index contributed by atoms with van der Waals surface area (Å²) < 4.78 is 23.8. The van der Waals surface area contributed by atoms with Gasteiger partial charge in [0.25, 0.3) is 0 Å². The molecule has 5 heteroatoms. The van der Waals surface area contributed by atoms with E-state index in [1.165, 1.54) is 32.1 Å². The molecule has 202 valence electrons. The summed E-state index contributed by atoms with van der Waals surface area (Å²) in [6.07, 6.45) is 15.3. The van der Waals surface area contributed by atoms with Gasteiger partial charge in [0, 0.05) is 31.3 Å². The molecular weight excluding hydrogens is 452 g/mol. The molecule has 4 saturated carbocycles. The highest BCUT2D eigenvalue weighted by Gasteiger charge is 2.65. The number of hydrogen-bond donors (Lipinski definition) is 1. The van der Waals surface area contributed by atoms with Crippen LogP contribution in [0, 0.1) is 46.3 Å². The van der Waals surface area contributed by atoms with Crippen molar-refractivity contribution in [1.82, 2.24) is 0 Å². The number of hydrogen-bond acceptors (Lipinski definition) is 5. The number of fused-ring (bicyclic) bond motifs is 5. The predicted molar refractivity (Wildman–Crippen MR) is 138 cm³/mol. The molecule has 0 aromatic rings. The molecule has 4 aliphatic carbocycles. The lowest BCUT2D eigenvalue weighted by molar-refractivity contribution is -0.231. The molecule has 0 aromatic heterocycles. The van der Waals surface area contributed by atoms with Crippen LogP contribution in [0.1, 0.15) is 104 Å². The second-order valence-corrected chi connectivity index (χ2v) is 13.4. The summed E-state index contributed by atoms with van der Waals surface area (Å²) in [5.74, 6) is 9.29. The molecule has 1 spiro atoms. The summed E-state index contributed by atoms with van der Waals surface area (Å²) in [5, 5.41) is 11.9. The van der Waals surface area contributed by atoms with Gasteiger partial charge >= 0.3 is 0 Å². The first-order chi connectivity index (χ1) is 17.4. The highest BCUT2D eigenvalue weighted by Crippen LogP contribution is 2.69. The molecule has 2 saturated heterocycles. The summed E-state index contributed by atoms with van der Waals surface area (Å²) in [6, 6.07) is 0. The molecule has 6 aliphatic rings. The molecule has 8 atom stereocenters. The fourth-order valence-corrected chi connectivity index (χ4v) is 9.60. The maximum absolute atomic E-state index is 11.9. The van der Waals surface area contributed by atoms with Crippen molar-refractivity contribution >= 4 is 0 Å². The summed E-state index contributed by atoms with van der Waals surface area (Å²) in [7, 11) is 0. The van der Waals surface area contributed by atoms with Crippen LogP contribution < -0.4 is 0 Å². The predicted octanol–water partition coefficient (Wildman–Crippen LogP) is 5.83. The third-order valence-electron chi connectivity index (χ3n) is 11.8. The topological polar surface area (TPSA) is 57.2 Å². The van der Waals surface area contributed by atoms with E-state index in [9.17, 15) is 5.11 Å². The van der Waals surface area contributed by atoms with Crippen molar-refractivity contribution in [3.63, 3.8) is 0 Å². The van der Waals surface area contributed by atoms with E-state index in [-0.39, 0.29) is 17.5 Å². The van der Waals surface area contributed by atoms with Crippen molar-refractivity contribution in [2.75, 3.05) is 26.4 Å². The average Bonchev–Trinajstić information content (AvgIpc) is 3.45. The van der Waals surface area contributed by atoms with Gasteiger partial charge < -0.3 is 24.1 Å². The van der Waals surface area contributed by atoms with Crippen molar-refractivity contribution in [1.29, 1.82) is 0 Å². The lowest BCUT2D eigenvalue weighted by Gasteiger charge is -2.62. The van der Waals surface area contributed by atoms with E-state index in [2.05, 4.69) is 25.7 Å². The zero-order valence-corrected chi connectivity index (χ0v) is 22.7. The van der Waals surface area contributed by atoms with E-state index in [0.29, 0.717) is 23.9 Å². The van der Waals surface area contributed by atoms with Crippen molar-refractivity contribution in [3.8, 4) is 11.8 Å². The van der Waals surface area contributed by atoms with Crippen LogP contribution in [-0.4, -0.2) is 49.2 Å². The van der Waals surface area contributed by atoms with Gasteiger partial charge in [-0.1, -0.05) is 19.8 Å². The Kier molecular flexibility index (Phi) is 7.00. The van der Waals surface area contributed by atoms with E-state index in [1.807, 2.05) is 0 Å². The first-order valence-electron chi connectivity index (χ1n) is 15.1. The quantitative estimate of drug-likeness (QED) is 0.389. The second kappa shape index (κ2) is 9.83. The van der Waals surface area contributed by atoms with E-state index < -0.39 is 5.60 Å². The minimum atomic E-state index is -0.837. The summed E-state index contributed by atoms with van der Waals surface area (Å²) in [5.41, 5.74) is -0.528. The van der Waals surface area contributed by atoms with Gasteiger partial charge in [0.15, 0.2) is 12.1 Å². The second-order valence-electron chi connectivity index (χ2n) is 13.4. The molecular formula is C31H48O5. The van der Waals surface area contributed by atoms with E-state index >= 15 is 0 Å². The molecule has 36 heavy (non-hydrogen) atoms. The summed E-state index contributed by atoms with van der Waals surface area (Å²) in [4.78, 5) is 0. The minimum absolute atomic E-state index is 0.0227. The number of rotatable bonds is 4. The Morgan fingerprint density at radius 2 is 1.72 bits per heavy atom. The average molecular weight is 501 g/mol. The third-order valence-corrected chi connectivity index (χ3v) is 11.8. The van der Waals surface area contributed by atoms with Gasteiger partial charge in [-0.05, 0) is 99.7 Å². The fraction of sp³-hybridized carbons (Fsp3) is 0.935. The zero-order chi connectivity index (χ0) is 24.9. The Bertz CT molecular complexity index is 851. The van der Waals surface area contributed by atoms with Crippen LogP contribution in [0.25, 0.3) is 0 Å². The van der Waals surface area contributed by atoms with Crippen LogP contribution in [0.3, 0.4) is 0 Å². The molecule has 5 nitrogen and oxygen atoms in total. The lowest BCUT2D eigenvalue weighted by atomic mass is 9.44. The van der Waals surface area contributed by atoms with E-state index in [0.717, 1.165) is 89.4 Å². The van der Waals surface area contributed by atoms with Crippen LogP contribution in [-0.2, 0) is 18.9 Å². The highest BCUT2D eigenvalue weighted by atomic mass is 16.7. The molecule has 0 radical (unpaired) electrons. The standard InChI is InChI=1S/C31H48O5/c1-28-16-17-31(35-20-21-36-31)22-23(28)9-10-24-25(28)11-14-29(2)26(24)12-15-30(29,32)13-5-3-6-18-33-27-8-4-7-19-34-27/h23-27,32H,3-4,6-12,14-22H2,1-2H3/t23?,24?,25?,26?,27?,28-,29-,30?/m0/s1. The van der Waals surface area contributed by atoms with Crippen LogP contribution in [0.2, 0.25) is 0 Å². The van der Waals surface area contributed by atoms with Crippen LogP contribution in [0.4, 0.5) is 0 Å². The molecule has 6 fully saturated rings. The van der Waals surface area contributed by atoms with Gasteiger partial charge in [-0.3, -0.25) is 0 Å². The Balaban J connectivity index is 1.08. The summed E-state index contributed by atoms with van der Waals surface area (Å²) in [6.45, 7) is 7.99. The Hall–Kier alpha value is -0.640. The summed E-state index contributed by atoms with van der Waals surface area (Å²) >= 11 is 0. The van der Waals surface area contributed by atoms with Gasteiger partial charge in [0.2, 0.25) is 0 Å². The normalized spacial score (nSPS) is 47.5. The largest absolute Gasteiger partial charge is 0.377 e. The zero-order valence-electron chi connectivity index (χ0n) is 22.7. The molecule has 2 aliphatic heterocycles. The lowest BCUT2D eigenvalue weighted by Crippen LogP contribution is -2.58. The van der Waals surface area contributed by atoms with Gasteiger partial charge in [-0.2, -0.15) is 0 Å². The molecule has 6 unspecified atom stereocenters. The van der Waals surface area contributed by atoms with Crippen molar-refractivity contribution in [2.45, 2.75) is 121 Å². The van der Waals surface area contributed by atoms with Gasteiger partial charge in [0.1, 0.15) is 5.60 Å². The molecule has 0 bridgehead atoms. The first kappa shape index (κ1) is 25.6. The number of unbranched alkanes of at least 4 members (excludes halogenated alkanes) is 1. The minimum Gasteiger partial charge on any atom is -0.377 e. The van der Waals surface area contributed by atoms with E-state index in [4.69, 9.17) is 18.9 Å². The number of aliphatic hydroxyl groups is 1. The first-order valence-corrected chi connectivity index (χ1v) is 15.1. The molecule has 0 amide bonds. The SMILES string of the molecule is C[C@]12CCC3(CC1CCC1C2CC[C@@]2(C)C1CCC2(O)C#CCCCOC1CCCCO1)OCCO3. The van der Waals surface area contributed by atoms with Crippen LogP contribution in [0.15, 0.2) is 0 Å². The monoisotopic (exact) mass is 500 g/mol. The number of ether oxygens (including phenoxy) is 4. The van der Waals surface area contributed by atoms with Crippen molar-refractivity contribution < 1.29 is 24.1 Å². The molecule has 6 rings (SSSR count). The Morgan fingerprint density at radius 1 is 0.889 bits per heavy atom. The van der Waals surface area contributed by atoms with Crippen molar-refractivity contribution in [3.05, 3.63) is 0 Å². The molecule has 2 heterocycles.